The highest BCUT2D eigenvalue weighted by Crippen LogP contribution is 2.33. The highest BCUT2D eigenvalue weighted by atomic mass is 16.5. The summed E-state index contributed by atoms with van der Waals surface area (Å²) in [5.41, 5.74) is 4.44. The fourth-order valence-electron chi connectivity index (χ4n) is 3.81. The molecule has 1 aliphatic heterocycles. The molecule has 0 spiro atoms. The van der Waals surface area contributed by atoms with Gasteiger partial charge in [-0.3, -0.25) is 4.79 Å². The predicted octanol–water partition coefficient (Wildman–Crippen LogP) is 5.68. The van der Waals surface area contributed by atoms with E-state index in [1.165, 1.54) is 11.1 Å². The van der Waals surface area contributed by atoms with E-state index in [9.17, 15) is 4.79 Å². The molecule has 1 aliphatic rings. The van der Waals surface area contributed by atoms with Crippen molar-refractivity contribution in [3.05, 3.63) is 65.5 Å². The summed E-state index contributed by atoms with van der Waals surface area (Å²) in [5, 5.41) is 4.17. The van der Waals surface area contributed by atoms with Crippen molar-refractivity contribution in [3.8, 4) is 11.4 Å². The Balaban J connectivity index is 1.52. The molecule has 0 N–H and O–H groups in total. The molecule has 0 bridgehead atoms. The zero-order chi connectivity index (χ0) is 21.5. The van der Waals surface area contributed by atoms with Gasteiger partial charge in [0.15, 0.2) is 0 Å². The largest absolute Gasteiger partial charge is 0.339 e. The number of carbonyl (C=O) groups is 1. The van der Waals surface area contributed by atoms with Crippen molar-refractivity contribution in [1.82, 2.24) is 10.1 Å². The Kier molecular flexibility index (Phi) is 5.22. The highest BCUT2D eigenvalue weighted by Gasteiger charge is 2.35. The van der Waals surface area contributed by atoms with Gasteiger partial charge in [-0.15, -0.1) is 0 Å². The van der Waals surface area contributed by atoms with Crippen LogP contribution in [0.4, 0.5) is 5.69 Å². The molecule has 1 saturated heterocycles. The summed E-state index contributed by atoms with van der Waals surface area (Å²) in [5.74, 6) is 1.52. The van der Waals surface area contributed by atoms with Gasteiger partial charge < -0.3 is 9.42 Å². The van der Waals surface area contributed by atoms with Gasteiger partial charge in [-0.05, 0) is 34.6 Å². The third kappa shape index (κ3) is 4.02. The summed E-state index contributed by atoms with van der Waals surface area (Å²) in [6.45, 7) is 11.4. The number of carbonyl (C=O) groups excluding carboxylic acids is 1. The van der Waals surface area contributed by atoms with Gasteiger partial charge in [0, 0.05) is 24.2 Å². The molecule has 4 rings (SSSR count). The Morgan fingerprint density at radius 2 is 1.83 bits per heavy atom. The van der Waals surface area contributed by atoms with Crippen LogP contribution in [-0.4, -0.2) is 22.6 Å². The third-order valence-corrected chi connectivity index (χ3v) is 5.77. The maximum Gasteiger partial charge on any atom is 0.232 e. The SMILES string of the molecule is CC(C)c1cccc(N2CC(c3nc(-c4ccc(C(C)(C)C)cc4)no3)CC2=O)c1. The van der Waals surface area contributed by atoms with Gasteiger partial charge >= 0.3 is 0 Å². The molecule has 1 amide bonds. The smallest absolute Gasteiger partial charge is 0.232 e. The van der Waals surface area contributed by atoms with Crippen LogP contribution in [0.25, 0.3) is 11.4 Å². The van der Waals surface area contributed by atoms with Crippen molar-refractivity contribution >= 4 is 11.6 Å². The topological polar surface area (TPSA) is 59.2 Å². The number of nitrogens with zero attached hydrogens (tertiary/aromatic N) is 3. The van der Waals surface area contributed by atoms with Crippen molar-refractivity contribution in [2.24, 2.45) is 0 Å². The number of amides is 1. The van der Waals surface area contributed by atoms with Crippen LogP contribution in [0.1, 0.15) is 69.9 Å². The Morgan fingerprint density at radius 1 is 1.10 bits per heavy atom. The number of hydrogen-bond acceptors (Lipinski definition) is 4. The summed E-state index contributed by atoms with van der Waals surface area (Å²) >= 11 is 0. The second kappa shape index (κ2) is 7.71. The second-order valence-corrected chi connectivity index (χ2v) is 9.44. The lowest BCUT2D eigenvalue weighted by atomic mass is 9.87. The molecule has 1 aromatic heterocycles. The first-order valence-corrected chi connectivity index (χ1v) is 10.6. The Labute approximate surface area is 178 Å². The quantitative estimate of drug-likeness (QED) is 0.562. The lowest BCUT2D eigenvalue weighted by Gasteiger charge is -2.18. The Hall–Kier alpha value is -2.95. The van der Waals surface area contributed by atoms with Crippen LogP contribution in [0.15, 0.2) is 53.1 Å². The van der Waals surface area contributed by atoms with Gasteiger partial charge in [0.2, 0.25) is 17.6 Å². The van der Waals surface area contributed by atoms with Crippen LogP contribution in [0.5, 0.6) is 0 Å². The summed E-state index contributed by atoms with van der Waals surface area (Å²) in [4.78, 5) is 19.1. The summed E-state index contributed by atoms with van der Waals surface area (Å²) in [6, 6.07) is 16.5. The molecule has 3 aromatic rings. The minimum atomic E-state index is -0.0877. The van der Waals surface area contributed by atoms with E-state index >= 15 is 0 Å². The van der Waals surface area contributed by atoms with E-state index in [0.717, 1.165) is 11.3 Å². The van der Waals surface area contributed by atoms with Crippen molar-refractivity contribution in [3.63, 3.8) is 0 Å². The molecule has 156 valence electrons. The molecule has 0 radical (unpaired) electrons. The number of hydrogen-bond donors (Lipinski definition) is 0. The number of aromatic nitrogens is 2. The van der Waals surface area contributed by atoms with E-state index in [-0.39, 0.29) is 17.2 Å². The number of rotatable bonds is 4. The van der Waals surface area contributed by atoms with Crippen molar-refractivity contribution < 1.29 is 9.32 Å². The van der Waals surface area contributed by atoms with E-state index in [0.29, 0.717) is 30.6 Å². The van der Waals surface area contributed by atoms with Gasteiger partial charge in [0.1, 0.15) is 0 Å². The maximum atomic E-state index is 12.7. The molecule has 5 nitrogen and oxygen atoms in total. The first-order valence-electron chi connectivity index (χ1n) is 10.6. The number of benzene rings is 2. The highest BCUT2D eigenvalue weighted by molar-refractivity contribution is 5.96. The zero-order valence-corrected chi connectivity index (χ0v) is 18.3. The van der Waals surface area contributed by atoms with E-state index < -0.39 is 0 Å². The van der Waals surface area contributed by atoms with Crippen LogP contribution in [0.3, 0.4) is 0 Å². The van der Waals surface area contributed by atoms with Gasteiger partial charge in [0.25, 0.3) is 0 Å². The van der Waals surface area contributed by atoms with Crippen LogP contribution >= 0.6 is 0 Å². The fourth-order valence-corrected chi connectivity index (χ4v) is 3.81. The van der Waals surface area contributed by atoms with E-state index in [4.69, 9.17) is 4.52 Å². The molecular weight excluding hydrogens is 374 g/mol. The van der Waals surface area contributed by atoms with Gasteiger partial charge in [0.05, 0.1) is 5.92 Å². The predicted molar refractivity (Wildman–Crippen MR) is 119 cm³/mol. The molecule has 1 atom stereocenters. The first kappa shape index (κ1) is 20.3. The van der Waals surface area contributed by atoms with E-state index in [1.54, 1.807) is 0 Å². The summed E-state index contributed by atoms with van der Waals surface area (Å²) in [6.07, 6.45) is 0.385. The molecule has 2 heterocycles. The lowest BCUT2D eigenvalue weighted by molar-refractivity contribution is -0.117. The minimum absolute atomic E-state index is 0.0877. The summed E-state index contributed by atoms with van der Waals surface area (Å²) in [7, 11) is 0. The zero-order valence-electron chi connectivity index (χ0n) is 18.3. The van der Waals surface area contributed by atoms with E-state index in [2.05, 4.69) is 69.0 Å². The van der Waals surface area contributed by atoms with Crippen LogP contribution in [0.2, 0.25) is 0 Å². The number of anilines is 1. The Bertz CT molecular complexity index is 1040. The average Bonchev–Trinajstić information content (AvgIpc) is 3.34. The molecular formula is C25H29N3O2. The molecule has 1 unspecified atom stereocenters. The molecule has 0 saturated carbocycles. The van der Waals surface area contributed by atoms with Crippen LogP contribution in [-0.2, 0) is 10.2 Å². The van der Waals surface area contributed by atoms with Gasteiger partial charge in [-0.2, -0.15) is 4.98 Å². The standard InChI is InChI=1S/C25H29N3O2/c1-16(2)18-7-6-8-21(13-18)28-15-19(14-22(28)29)24-26-23(27-30-24)17-9-11-20(12-10-17)25(3,4)5/h6-13,16,19H,14-15H2,1-5H3. The third-order valence-electron chi connectivity index (χ3n) is 5.77. The monoisotopic (exact) mass is 403 g/mol. The van der Waals surface area contributed by atoms with Crippen LogP contribution in [0, 0.1) is 0 Å². The Morgan fingerprint density at radius 3 is 2.50 bits per heavy atom. The van der Waals surface area contributed by atoms with Crippen molar-refractivity contribution in [2.75, 3.05) is 11.4 Å². The average molecular weight is 404 g/mol. The minimum Gasteiger partial charge on any atom is -0.339 e. The second-order valence-electron chi connectivity index (χ2n) is 9.44. The normalized spacial score (nSPS) is 17.2. The molecule has 5 heteroatoms. The first-order chi connectivity index (χ1) is 14.2. The van der Waals surface area contributed by atoms with Crippen LogP contribution < -0.4 is 4.90 Å². The molecule has 2 aromatic carbocycles. The van der Waals surface area contributed by atoms with Crippen molar-refractivity contribution in [2.45, 2.75) is 58.3 Å². The molecule has 30 heavy (non-hydrogen) atoms. The van der Waals surface area contributed by atoms with Crippen molar-refractivity contribution in [1.29, 1.82) is 0 Å². The summed E-state index contributed by atoms with van der Waals surface area (Å²) < 4.78 is 5.55. The van der Waals surface area contributed by atoms with E-state index in [1.807, 2.05) is 29.2 Å². The lowest BCUT2D eigenvalue weighted by Crippen LogP contribution is -2.24. The molecule has 0 aliphatic carbocycles. The van der Waals surface area contributed by atoms with Gasteiger partial charge in [-0.1, -0.05) is 76.2 Å². The van der Waals surface area contributed by atoms with Gasteiger partial charge in [-0.25, -0.2) is 0 Å². The fraction of sp³-hybridized carbons (Fsp3) is 0.400. The maximum absolute atomic E-state index is 12.7. The molecule has 1 fully saturated rings.